The molecule has 1 aromatic rings. The van der Waals surface area contributed by atoms with Crippen molar-refractivity contribution in [2.75, 3.05) is 19.6 Å². The molecule has 5 nitrogen and oxygen atoms in total. The van der Waals surface area contributed by atoms with Gasteiger partial charge in [0.15, 0.2) is 0 Å². The Balaban J connectivity index is 2.43. The number of amides is 1. The van der Waals surface area contributed by atoms with Gasteiger partial charge >= 0.3 is 0 Å². The predicted octanol–water partition coefficient (Wildman–Crippen LogP) is 0.996. The van der Waals surface area contributed by atoms with Gasteiger partial charge in [0.05, 0.1) is 12.2 Å². The average molecular weight is 236 g/mol. The molecule has 0 radical (unpaired) electrons. The highest BCUT2D eigenvalue weighted by Gasteiger charge is 2.12. The smallest absolute Gasteiger partial charge is 0.236 e. The van der Waals surface area contributed by atoms with Crippen molar-refractivity contribution in [2.24, 2.45) is 0 Å². The maximum atomic E-state index is 11.8. The van der Waals surface area contributed by atoms with Crippen molar-refractivity contribution in [3.63, 3.8) is 0 Å². The van der Waals surface area contributed by atoms with Gasteiger partial charge in [-0.05, 0) is 20.8 Å². The number of carbonyl (C=O) groups is 1. The summed E-state index contributed by atoms with van der Waals surface area (Å²) < 4.78 is 0. The van der Waals surface area contributed by atoms with Crippen LogP contribution < -0.4 is 5.32 Å². The van der Waals surface area contributed by atoms with Gasteiger partial charge < -0.3 is 10.2 Å². The first kappa shape index (κ1) is 13.6. The van der Waals surface area contributed by atoms with E-state index in [1.807, 2.05) is 20.8 Å². The normalized spacial score (nSPS) is 12.2. The van der Waals surface area contributed by atoms with Crippen LogP contribution in [0, 0.1) is 0 Å². The second kappa shape index (κ2) is 6.96. The minimum Gasteiger partial charge on any atom is -0.342 e. The molecule has 0 saturated carbocycles. The summed E-state index contributed by atoms with van der Waals surface area (Å²) in [7, 11) is 0. The quantitative estimate of drug-likeness (QED) is 0.800. The van der Waals surface area contributed by atoms with Crippen molar-refractivity contribution in [1.82, 2.24) is 20.2 Å². The zero-order valence-electron chi connectivity index (χ0n) is 10.7. The van der Waals surface area contributed by atoms with Gasteiger partial charge in [0.25, 0.3) is 0 Å². The number of hydrogen-bond acceptors (Lipinski definition) is 4. The fourth-order valence-corrected chi connectivity index (χ4v) is 1.57. The van der Waals surface area contributed by atoms with E-state index in [1.54, 1.807) is 23.5 Å². The molecule has 0 aliphatic carbocycles. The lowest BCUT2D eigenvalue weighted by Crippen LogP contribution is -2.38. The maximum Gasteiger partial charge on any atom is 0.236 e. The second-order valence-corrected chi connectivity index (χ2v) is 3.80. The van der Waals surface area contributed by atoms with Crippen LogP contribution in [0.1, 0.15) is 32.5 Å². The third-order valence-corrected chi connectivity index (χ3v) is 2.70. The first-order chi connectivity index (χ1) is 8.19. The lowest BCUT2D eigenvalue weighted by atomic mass is 10.2. The molecule has 0 saturated heterocycles. The van der Waals surface area contributed by atoms with Gasteiger partial charge in [-0.25, -0.2) is 0 Å². The van der Waals surface area contributed by atoms with Crippen LogP contribution in [-0.4, -0.2) is 40.4 Å². The fraction of sp³-hybridized carbons (Fsp3) is 0.583. The van der Waals surface area contributed by atoms with Gasteiger partial charge in [-0.1, -0.05) is 0 Å². The summed E-state index contributed by atoms with van der Waals surface area (Å²) in [6.07, 6.45) is 5.00. The SMILES string of the molecule is CCN(CC)C(=O)CNC(C)c1cnccn1. The number of hydrogen-bond donors (Lipinski definition) is 1. The van der Waals surface area contributed by atoms with Crippen molar-refractivity contribution in [2.45, 2.75) is 26.8 Å². The molecule has 0 aromatic carbocycles. The third-order valence-electron chi connectivity index (χ3n) is 2.70. The Kier molecular flexibility index (Phi) is 5.56. The summed E-state index contributed by atoms with van der Waals surface area (Å²) in [5.74, 6) is 0.116. The number of rotatable bonds is 6. The number of nitrogens with one attached hydrogen (secondary N) is 1. The molecule has 5 heteroatoms. The Hall–Kier alpha value is -1.49. The fourth-order valence-electron chi connectivity index (χ4n) is 1.57. The van der Waals surface area contributed by atoms with E-state index in [0.717, 1.165) is 18.8 Å². The van der Waals surface area contributed by atoms with E-state index in [2.05, 4.69) is 15.3 Å². The van der Waals surface area contributed by atoms with Crippen LogP contribution >= 0.6 is 0 Å². The summed E-state index contributed by atoms with van der Waals surface area (Å²) in [6.45, 7) is 7.76. The van der Waals surface area contributed by atoms with E-state index in [1.165, 1.54) is 0 Å². The molecule has 0 spiro atoms. The van der Waals surface area contributed by atoms with E-state index >= 15 is 0 Å². The zero-order chi connectivity index (χ0) is 12.7. The predicted molar refractivity (Wildman–Crippen MR) is 66.4 cm³/mol. The lowest BCUT2D eigenvalue weighted by Gasteiger charge is -2.20. The molecule has 1 atom stereocenters. The summed E-state index contributed by atoms with van der Waals surface area (Å²) >= 11 is 0. The highest BCUT2D eigenvalue weighted by Crippen LogP contribution is 2.05. The molecule has 1 N–H and O–H groups in total. The molecule has 0 fully saturated rings. The number of nitrogens with zero attached hydrogens (tertiary/aromatic N) is 3. The Morgan fingerprint density at radius 2 is 2.12 bits per heavy atom. The molecule has 0 aliphatic heterocycles. The maximum absolute atomic E-state index is 11.8. The molecule has 1 unspecified atom stereocenters. The minimum atomic E-state index is 0.0308. The largest absolute Gasteiger partial charge is 0.342 e. The summed E-state index contributed by atoms with van der Waals surface area (Å²) in [5, 5.41) is 3.15. The Morgan fingerprint density at radius 1 is 1.41 bits per heavy atom. The summed E-state index contributed by atoms with van der Waals surface area (Å²) in [6, 6.07) is 0.0308. The van der Waals surface area contributed by atoms with Gasteiger partial charge in [-0.15, -0.1) is 0 Å². The van der Waals surface area contributed by atoms with Crippen LogP contribution in [-0.2, 0) is 4.79 Å². The monoisotopic (exact) mass is 236 g/mol. The highest BCUT2D eigenvalue weighted by molar-refractivity contribution is 5.78. The van der Waals surface area contributed by atoms with E-state index in [9.17, 15) is 4.79 Å². The van der Waals surface area contributed by atoms with Gasteiger partial charge in [0, 0.05) is 37.7 Å². The molecule has 1 amide bonds. The van der Waals surface area contributed by atoms with Crippen LogP contribution in [0.2, 0.25) is 0 Å². The molecular weight excluding hydrogens is 216 g/mol. The Bertz CT molecular complexity index is 338. The highest BCUT2D eigenvalue weighted by atomic mass is 16.2. The first-order valence-electron chi connectivity index (χ1n) is 5.96. The Labute approximate surface area is 102 Å². The molecule has 1 rings (SSSR count). The van der Waals surface area contributed by atoms with Gasteiger partial charge in [0.2, 0.25) is 5.91 Å². The van der Waals surface area contributed by atoms with Crippen molar-refractivity contribution in [3.05, 3.63) is 24.3 Å². The molecule has 1 aromatic heterocycles. The molecule has 17 heavy (non-hydrogen) atoms. The molecule has 0 aliphatic rings. The average Bonchev–Trinajstić information content (AvgIpc) is 2.38. The molecule has 1 heterocycles. The van der Waals surface area contributed by atoms with Gasteiger partial charge in [-0.2, -0.15) is 0 Å². The number of carbonyl (C=O) groups excluding carboxylic acids is 1. The number of aromatic nitrogens is 2. The lowest BCUT2D eigenvalue weighted by molar-refractivity contribution is -0.129. The van der Waals surface area contributed by atoms with Crippen LogP contribution in [0.3, 0.4) is 0 Å². The van der Waals surface area contributed by atoms with E-state index < -0.39 is 0 Å². The Morgan fingerprint density at radius 3 is 2.65 bits per heavy atom. The van der Waals surface area contributed by atoms with E-state index in [-0.39, 0.29) is 11.9 Å². The molecule has 94 valence electrons. The molecular formula is C12H20N4O. The van der Waals surface area contributed by atoms with Crippen molar-refractivity contribution in [1.29, 1.82) is 0 Å². The van der Waals surface area contributed by atoms with Crippen LogP contribution in [0.4, 0.5) is 0 Å². The van der Waals surface area contributed by atoms with Crippen molar-refractivity contribution >= 4 is 5.91 Å². The first-order valence-corrected chi connectivity index (χ1v) is 5.96. The van der Waals surface area contributed by atoms with Gasteiger partial charge in [-0.3, -0.25) is 14.8 Å². The van der Waals surface area contributed by atoms with Gasteiger partial charge in [0.1, 0.15) is 0 Å². The van der Waals surface area contributed by atoms with E-state index in [0.29, 0.717) is 6.54 Å². The van der Waals surface area contributed by atoms with E-state index in [4.69, 9.17) is 0 Å². The standard InChI is InChI=1S/C12H20N4O/c1-4-16(5-2)12(17)9-15-10(3)11-8-13-6-7-14-11/h6-8,10,15H,4-5,9H2,1-3H3. The summed E-state index contributed by atoms with van der Waals surface area (Å²) in [4.78, 5) is 21.8. The van der Waals surface area contributed by atoms with Crippen LogP contribution in [0.5, 0.6) is 0 Å². The van der Waals surface area contributed by atoms with Crippen LogP contribution in [0.25, 0.3) is 0 Å². The topological polar surface area (TPSA) is 58.1 Å². The third kappa shape index (κ3) is 4.11. The minimum absolute atomic E-state index is 0.0308. The summed E-state index contributed by atoms with van der Waals surface area (Å²) in [5.41, 5.74) is 0.847. The second-order valence-electron chi connectivity index (χ2n) is 3.80. The van der Waals surface area contributed by atoms with Crippen molar-refractivity contribution in [3.8, 4) is 0 Å². The zero-order valence-corrected chi connectivity index (χ0v) is 10.7. The number of likely N-dealkylation sites (N-methyl/N-ethyl adjacent to an activating group) is 1. The van der Waals surface area contributed by atoms with Crippen LogP contribution in [0.15, 0.2) is 18.6 Å². The molecule has 0 bridgehead atoms. The van der Waals surface area contributed by atoms with Crippen molar-refractivity contribution < 1.29 is 4.79 Å².